The van der Waals surface area contributed by atoms with E-state index in [0.29, 0.717) is 23.7 Å². The van der Waals surface area contributed by atoms with Crippen LogP contribution >= 0.6 is 0 Å². The number of nitrogens with zero attached hydrogens (tertiary/aromatic N) is 3. The van der Waals surface area contributed by atoms with Gasteiger partial charge in [0, 0.05) is 18.9 Å². The van der Waals surface area contributed by atoms with E-state index in [-0.39, 0.29) is 5.16 Å². The molecule has 2 heterocycles. The highest BCUT2D eigenvalue weighted by molar-refractivity contribution is 7.90. The van der Waals surface area contributed by atoms with Crippen molar-refractivity contribution in [1.82, 2.24) is 14.8 Å². The van der Waals surface area contributed by atoms with Crippen molar-refractivity contribution in [3.63, 3.8) is 0 Å². The third kappa shape index (κ3) is 2.35. The molecular formula is C14H15N3O4S. The first kappa shape index (κ1) is 14.6. The molecule has 22 heavy (non-hydrogen) atoms. The Balaban J connectivity index is 2.15. The first-order valence-electron chi connectivity index (χ1n) is 6.51. The van der Waals surface area contributed by atoms with E-state index in [2.05, 4.69) is 10.2 Å². The summed E-state index contributed by atoms with van der Waals surface area (Å²) >= 11 is 0. The van der Waals surface area contributed by atoms with Gasteiger partial charge in [0.25, 0.3) is 5.16 Å². The summed E-state index contributed by atoms with van der Waals surface area (Å²) in [6, 6.07) is 3.72. The topological polar surface area (TPSA) is 83.3 Å². The fraction of sp³-hybridized carbons (Fsp3) is 0.286. The molecule has 0 radical (unpaired) electrons. The summed E-state index contributed by atoms with van der Waals surface area (Å²) < 4.78 is 35.6. The van der Waals surface area contributed by atoms with Crippen LogP contribution in [0.15, 0.2) is 17.3 Å². The average Bonchev–Trinajstić information content (AvgIpc) is 2.80. The first-order chi connectivity index (χ1) is 10.4. The van der Waals surface area contributed by atoms with Gasteiger partial charge in [0.15, 0.2) is 11.5 Å². The molecule has 1 aliphatic heterocycles. The SMILES string of the molecule is COc1cc2c(cc1OC)Cc1nnc(S(C)(=O)=O)n1C=C2. The van der Waals surface area contributed by atoms with Crippen molar-refractivity contribution in [1.29, 1.82) is 0 Å². The summed E-state index contributed by atoms with van der Waals surface area (Å²) in [5.74, 6) is 1.79. The van der Waals surface area contributed by atoms with Crippen LogP contribution in [0.1, 0.15) is 17.0 Å². The van der Waals surface area contributed by atoms with Crippen molar-refractivity contribution in [2.24, 2.45) is 0 Å². The van der Waals surface area contributed by atoms with Gasteiger partial charge in [0.1, 0.15) is 5.82 Å². The molecule has 0 spiro atoms. The van der Waals surface area contributed by atoms with Crippen molar-refractivity contribution in [2.75, 3.05) is 20.5 Å². The number of rotatable bonds is 3. The molecule has 1 aromatic heterocycles. The Morgan fingerprint density at radius 3 is 2.45 bits per heavy atom. The zero-order chi connectivity index (χ0) is 15.9. The molecule has 0 bridgehead atoms. The van der Waals surface area contributed by atoms with Crippen molar-refractivity contribution in [3.8, 4) is 11.5 Å². The summed E-state index contributed by atoms with van der Waals surface area (Å²) in [4.78, 5) is 0. The van der Waals surface area contributed by atoms with E-state index in [1.807, 2.05) is 18.2 Å². The monoisotopic (exact) mass is 321 g/mol. The van der Waals surface area contributed by atoms with Gasteiger partial charge in [0.05, 0.1) is 14.2 Å². The molecular weight excluding hydrogens is 306 g/mol. The van der Waals surface area contributed by atoms with Crippen molar-refractivity contribution in [3.05, 3.63) is 29.1 Å². The zero-order valence-corrected chi connectivity index (χ0v) is 13.2. The van der Waals surface area contributed by atoms with E-state index in [1.165, 1.54) is 4.57 Å². The largest absolute Gasteiger partial charge is 0.493 e. The van der Waals surface area contributed by atoms with E-state index in [1.54, 1.807) is 20.4 Å². The molecule has 0 aliphatic carbocycles. The normalized spacial score (nSPS) is 13.2. The van der Waals surface area contributed by atoms with E-state index >= 15 is 0 Å². The van der Waals surface area contributed by atoms with Crippen LogP contribution < -0.4 is 9.47 Å². The molecule has 0 N–H and O–H groups in total. The lowest BCUT2D eigenvalue weighted by atomic mass is 10.0. The molecule has 3 rings (SSSR count). The Morgan fingerprint density at radius 1 is 1.14 bits per heavy atom. The smallest absolute Gasteiger partial charge is 0.253 e. The zero-order valence-electron chi connectivity index (χ0n) is 12.4. The van der Waals surface area contributed by atoms with Crippen LogP contribution in [0.2, 0.25) is 0 Å². The number of hydrogen-bond donors (Lipinski definition) is 0. The maximum Gasteiger partial charge on any atom is 0.253 e. The van der Waals surface area contributed by atoms with Crippen LogP contribution in [0, 0.1) is 0 Å². The van der Waals surface area contributed by atoms with E-state index in [4.69, 9.17) is 9.47 Å². The summed E-state index contributed by atoms with van der Waals surface area (Å²) in [6.45, 7) is 0. The van der Waals surface area contributed by atoms with Gasteiger partial charge in [-0.3, -0.25) is 4.57 Å². The second-order valence-electron chi connectivity index (χ2n) is 4.94. The Hall–Kier alpha value is -2.35. The molecule has 0 atom stereocenters. The van der Waals surface area contributed by atoms with Gasteiger partial charge in [-0.05, 0) is 29.3 Å². The summed E-state index contributed by atoms with van der Waals surface area (Å²) in [5, 5.41) is 7.70. The molecule has 0 unspecified atom stereocenters. The van der Waals surface area contributed by atoms with Crippen LogP contribution in [0.4, 0.5) is 0 Å². The van der Waals surface area contributed by atoms with Crippen molar-refractivity contribution < 1.29 is 17.9 Å². The summed E-state index contributed by atoms with van der Waals surface area (Å²) in [5.41, 5.74) is 1.88. The molecule has 1 aliphatic rings. The lowest BCUT2D eigenvalue weighted by Gasteiger charge is -2.11. The Labute approximate surface area is 128 Å². The van der Waals surface area contributed by atoms with Crippen LogP contribution in [-0.4, -0.2) is 43.7 Å². The lowest BCUT2D eigenvalue weighted by Crippen LogP contribution is -2.06. The molecule has 0 amide bonds. The molecule has 7 nitrogen and oxygen atoms in total. The minimum absolute atomic E-state index is 0.0644. The molecule has 0 saturated carbocycles. The number of aromatic nitrogens is 3. The summed E-state index contributed by atoms with van der Waals surface area (Å²) in [6.07, 6.45) is 5.03. The first-order valence-corrected chi connectivity index (χ1v) is 8.40. The van der Waals surface area contributed by atoms with Gasteiger partial charge in [-0.25, -0.2) is 8.42 Å². The van der Waals surface area contributed by atoms with Gasteiger partial charge in [-0.2, -0.15) is 0 Å². The number of ether oxygens (including phenoxy) is 2. The van der Waals surface area contributed by atoms with Gasteiger partial charge < -0.3 is 9.47 Å². The van der Waals surface area contributed by atoms with Crippen molar-refractivity contribution in [2.45, 2.75) is 11.6 Å². The lowest BCUT2D eigenvalue weighted by molar-refractivity contribution is 0.354. The second kappa shape index (κ2) is 5.13. The number of fused-ring (bicyclic) bond motifs is 2. The predicted molar refractivity (Wildman–Crippen MR) is 80.7 cm³/mol. The van der Waals surface area contributed by atoms with E-state index < -0.39 is 9.84 Å². The highest BCUT2D eigenvalue weighted by Gasteiger charge is 2.22. The summed E-state index contributed by atoms with van der Waals surface area (Å²) in [7, 11) is -0.300. The molecule has 1 aromatic carbocycles. The molecule has 116 valence electrons. The number of methoxy groups -OCH3 is 2. The standard InChI is InChI=1S/C14H15N3O4S/c1-20-11-6-9-4-5-17-13(8-10(9)7-12(11)21-2)15-16-14(17)22(3,18)19/h4-7H,8H2,1-3H3. The van der Waals surface area contributed by atoms with E-state index in [0.717, 1.165) is 17.4 Å². The van der Waals surface area contributed by atoms with E-state index in [9.17, 15) is 8.42 Å². The molecule has 8 heteroatoms. The average molecular weight is 321 g/mol. The van der Waals surface area contributed by atoms with Crippen LogP contribution in [0.3, 0.4) is 0 Å². The molecule has 2 aromatic rings. The highest BCUT2D eigenvalue weighted by atomic mass is 32.2. The molecule has 0 saturated heterocycles. The van der Waals surface area contributed by atoms with Crippen LogP contribution in [0.5, 0.6) is 11.5 Å². The fourth-order valence-corrected chi connectivity index (χ4v) is 3.11. The van der Waals surface area contributed by atoms with Crippen LogP contribution in [0.25, 0.3) is 12.3 Å². The third-order valence-electron chi connectivity index (χ3n) is 3.46. The quantitative estimate of drug-likeness (QED) is 0.721. The second-order valence-corrected chi connectivity index (χ2v) is 6.85. The third-order valence-corrected chi connectivity index (χ3v) is 4.41. The maximum absolute atomic E-state index is 11.8. The van der Waals surface area contributed by atoms with Crippen LogP contribution in [-0.2, 0) is 16.3 Å². The highest BCUT2D eigenvalue weighted by Crippen LogP contribution is 2.33. The van der Waals surface area contributed by atoms with Gasteiger partial charge >= 0.3 is 0 Å². The predicted octanol–water partition coefficient (Wildman–Crippen LogP) is 1.23. The van der Waals surface area contributed by atoms with Gasteiger partial charge in [-0.1, -0.05) is 0 Å². The van der Waals surface area contributed by atoms with Gasteiger partial charge in [-0.15, -0.1) is 10.2 Å². The Morgan fingerprint density at radius 2 is 1.82 bits per heavy atom. The number of benzene rings is 1. The number of sulfone groups is 1. The molecule has 0 fully saturated rings. The fourth-order valence-electron chi connectivity index (χ4n) is 2.40. The minimum Gasteiger partial charge on any atom is -0.493 e. The van der Waals surface area contributed by atoms with Crippen molar-refractivity contribution >= 4 is 22.1 Å². The number of hydrogen-bond acceptors (Lipinski definition) is 6. The minimum atomic E-state index is -3.44. The Kier molecular flexibility index (Phi) is 3.40. The van der Waals surface area contributed by atoms with Gasteiger partial charge in [0.2, 0.25) is 9.84 Å². The Bertz CT molecular complexity index is 868. The maximum atomic E-state index is 11.8.